The van der Waals surface area contributed by atoms with Gasteiger partial charge in [0.25, 0.3) is 0 Å². The van der Waals surface area contributed by atoms with Crippen LogP contribution in [0.2, 0.25) is 0 Å². The number of nitriles is 1. The van der Waals surface area contributed by atoms with Gasteiger partial charge >= 0.3 is 0 Å². The predicted molar refractivity (Wildman–Crippen MR) is 78.3 cm³/mol. The van der Waals surface area contributed by atoms with Crippen molar-refractivity contribution in [3.8, 4) is 17.5 Å². The summed E-state index contributed by atoms with van der Waals surface area (Å²) in [7, 11) is 0. The summed E-state index contributed by atoms with van der Waals surface area (Å²) in [6.07, 6.45) is 1.80. The summed E-state index contributed by atoms with van der Waals surface area (Å²) in [5.74, 6) is 0.807. The Kier molecular flexibility index (Phi) is 2.76. The SMILES string of the molecule is Cc1ccnc(C)c1-c1nc2c(C)cc(C#N)cc2[nH]1. The number of aromatic nitrogens is 3. The van der Waals surface area contributed by atoms with Crippen molar-refractivity contribution in [2.24, 2.45) is 0 Å². The number of pyridine rings is 1. The number of nitrogens with zero attached hydrogens (tertiary/aromatic N) is 3. The first kappa shape index (κ1) is 12.4. The van der Waals surface area contributed by atoms with Gasteiger partial charge in [-0.2, -0.15) is 5.26 Å². The van der Waals surface area contributed by atoms with Gasteiger partial charge in [0, 0.05) is 17.5 Å². The van der Waals surface area contributed by atoms with Crippen LogP contribution in [0.3, 0.4) is 0 Å². The van der Waals surface area contributed by atoms with Gasteiger partial charge in [0.2, 0.25) is 0 Å². The number of fused-ring (bicyclic) bond motifs is 1. The third-order valence-corrected chi connectivity index (χ3v) is 3.49. The van der Waals surface area contributed by atoms with Crippen LogP contribution in [0.1, 0.15) is 22.4 Å². The van der Waals surface area contributed by atoms with Crippen molar-refractivity contribution >= 4 is 11.0 Å². The monoisotopic (exact) mass is 262 g/mol. The van der Waals surface area contributed by atoms with E-state index in [2.05, 4.69) is 21.0 Å². The Morgan fingerprint density at radius 3 is 2.65 bits per heavy atom. The standard InChI is InChI=1S/C16H14N4/c1-9-4-5-18-11(3)14(9)16-19-13-7-12(8-17)6-10(2)15(13)20-16/h4-7H,1-3H3,(H,19,20). The summed E-state index contributed by atoms with van der Waals surface area (Å²) in [4.78, 5) is 12.3. The van der Waals surface area contributed by atoms with E-state index in [1.165, 1.54) is 0 Å². The Balaban J connectivity index is 2.29. The lowest BCUT2D eigenvalue weighted by atomic mass is 10.1. The molecule has 0 saturated carbocycles. The van der Waals surface area contributed by atoms with Gasteiger partial charge in [-0.3, -0.25) is 4.98 Å². The van der Waals surface area contributed by atoms with E-state index in [-0.39, 0.29) is 0 Å². The van der Waals surface area contributed by atoms with Crippen LogP contribution in [0.15, 0.2) is 24.4 Å². The summed E-state index contributed by atoms with van der Waals surface area (Å²) < 4.78 is 0. The zero-order valence-electron chi connectivity index (χ0n) is 11.7. The maximum Gasteiger partial charge on any atom is 0.140 e. The van der Waals surface area contributed by atoms with Gasteiger partial charge in [-0.05, 0) is 50.1 Å². The van der Waals surface area contributed by atoms with Gasteiger partial charge in [0.15, 0.2) is 0 Å². The average molecular weight is 262 g/mol. The lowest BCUT2D eigenvalue weighted by Gasteiger charge is -2.04. The first-order valence-electron chi connectivity index (χ1n) is 6.43. The van der Waals surface area contributed by atoms with Gasteiger partial charge in [0.1, 0.15) is 5.82 Å². The lowest BCUT2D eigenvalue weighted by molar-refractivity contribution is 1.15. The highest BCUT2D eigenvalue weighted by atomic mass is 14.9. The molecule has 3 rings (SSSR count). The molecule has 0 spiro atoms. The molecule has 2 aromatic heterocycles. The number of H-pyrrole nitrogens is 1. The number of imidazole rings is 1. The molecule has 0 aliphatic carbocycles. The summed E-state index contributed by atoms with van der Waals surface area (Å²) in [6.45, 7) is 5.99. The fourth-order valence-electron chi connectivity index (χ4n) is 2.53. The van der Waals surface area contributed by atoms with E-state index in [0.29, 0.717) is 5.56 Å². The van der Waals surface area contributed by atoms with E-state index in [9.17, 15) is 0 Å². The summed E-state index contributed by atoms with van der Waals surface area (Å²) in [5.41, 5.74) is 6.55. The molecule has 98 valence electrons. The van der Waals surface area contributed by atoms with Gasteiger partial charge in [-0.1, -0.05) is 0 Å². The Morgan fingerprint density at radius 1 is 1.15 bits per heavy atom. The highest BCUT2D eigenvalue weighted by molar-refractivity contribution is 5.84. The first-order chi connectivity index (χ1) is 9.60. The lowest BCUT2D eigenvalue weighted by Crippen LogP contribution is -1.92. The number of nitrogens with one attached hydrogen (secondary N) is 1. The van der Waals surface area contributed by atoms with Gasteiger partial charge in [0.05, 0.1) is 22.7 Å². The first-order valence-corrected chi connectivity index (χ1v) is 6.43. The van der Waals surface area contributed by atoms with Crippen molar-refractivity contribution in [3.63, 3.8) is 0 Å². The van der Waals surface area contributed by atoms with Gasteiger partial charge in [-0.25, -0.2) is 4.98 Å². The molecule has 20 heavy (non-hydrogen) atoms. The molecule has 1 N–H and O–H groups in total. The van der Waals surface area contributed by atoms with Crippen molar-refractivity contribution in [2.75, 3.05) is 0 Å². The number of aromatic amines is 1. The fraction of sp³-hybridized carbons (Fsp3) is 0.188. The second-order valence-corrected chi connectivity index (χ2v) is 4.97. The molecule has 0 radical (unpaired) electrons. The molecule has 4 heteroatoms. The van der Waals surface area contributed by atoms with Gasteiger partial charge in [-0.15, -0.1) is 0 Å². The molecule has 0 bridgehead atoms. The van der Waals surface area contributed by atoms with Crippen molar-refractivity contribution in [1.29, 1.82) is 5.26 Å². The molecule has 0 fully saturated rings. The zero-order valence-corrected chi connectivity index (χ0v) is 11.7. The van der Waals surface area contributed by atoms with Crippen LogP contribution in [0.5, 0.6) is 0 Å². The molecular weight excluding hydrogens is 248 g/mol. The normalized spacial score (nSPS) is 10.7. The molecule has 1 aromatic carbocycles. The molecule has 3 aromatic rings. The zero-order chi connectivity index (χ0) is 14.3. The van der Waals surface area contributed by atoms with Crippen LogP contribution in [-0.4, -0.2) is 15.0 Å². The van der Waals surface area contributed by atoms with E-state index < -0.39 is 0 Å². The van der Waals surface area contributed by atoms with E-state index in [0.717, 1.165) is 39.2 Å². The quantitative estimate of drug-likeness (QED) is 0.730. The average Bonchev–Trinajstić information content (AvgIpc) is 2.82. The molecule has 4 nitrogen and oxygen atoms in total. The number of aryl methyl sites for hydroxylation is 3. The highest BCUT2D eigenvalue weighted by Gasteiger charge is 2.13. The second-order valence-electron chi connectivity index (χ2n) is 4.97. The molecule has 0 saturated heterocycles. The van der Waals surface area contributed by atoms with E-state index in [1.54, 1.807) is 6.20 Å². The number of benzene rings is 1. The Hall–Kier alpha value is -2.67. The second kappa shape index (κ2) is 4.46. The third kappa shape index (κ3) is 1.84. The molecule has 0 aliphatic heterocycles. The Bertz CT molecular complexity index is 833. The summed E-state index contributed by atoms with van der Waals surface area (Å²) >= 11 is 0. The molecular formula is C16H14N4. The topological polar surface area (TPSA) is 65.4 Å². The summed E-state index contributed by atoms with van der Waals surface area (Å²) in [5, 5.41) is 9.04. The van der Waals surface area contributed by atoms with Crippen LogP contribution >= 0.6 is 0 Å². The van der Waals surface area contributed by atoms with Crippen LogP contribution < -0.4 is 0 Å². The van der Waals surface area contributed by atoms with Crippen LogP contribution in [0.4, 0.5) is 0 Å². The van der Waals surface area contributed by atoms with E-state index in [4.69, 9.17) is 5.26 Å². The molecule has 0 atom stereocenters. The van der Waals surface area contributed by atoms with Crippen LogP contribution in [-0.2, 0) is 0 Å². The van der Waals surface area contributed by atoms with E-state index >= 15 is 0 Å². The predicted octanol–water partition coefficient (Wildman–Crippen LogP) is 3.42. The third-order valence-electron chi connectivity index (χ3n) is 3.49. The van der Waals surface area contributed by atoms with Crippen molar-refractivity contribution in [3.05, 3.63) is 46.8 Å². The number of rotatable bonds is 1. The van der Waals surface area contributed by atoms with Gasteiger partial charge < -0.3 is 4.98 Å². The Labute approximate surface area is 117 Å². The largest absolute Gasteiger partial charge is 0.338 e. The summed E-state index contributed by atoms with van der Waals surface area (Å²) in [6, 6.07) is 7.84. The fourth-order valence-corrected chi connectivity index (χ4v) is 2.53. The maximum absolute atomic E-state index is 9.04. The molecule has 0 aliphatic rings. The molecule has 0 amide bonds. The number of hydrogen-bond donors (Lipinski definition) is 1. The minimum absolute atomic E-state index is 0.643. The van der Waals surface area contributed by atoms with Crippen molar-refractivity contribution in [1.82, 2.24) is 15.0 Å². The minimum atomic E-state index is 0.643. The molecule has 0 unspecified atom stereocenters. The maximum atomic E-state index is 9.04. The van der Waals surface area contributed by atoms with E-state index in [1.807, 2.05) is 39.0 Å². The molecule has 2 heterocycles. The number of hydrogen-bond acceptors (Lipinski definition) is 3. The smallest absolute Gasteiger partial charge is 0.140 e. The van der Waals surface area contributed by atoms with Crippen LogP contribution in [0, 0.1) is 32.1 Å². The van der Waals surface area contributed by atoms with Crippen LogP contribution in [0.25, 0.3) is 22.4 Å². The van der Waals surface area contributed by atoms with Crippen molar-refractivity contribution in [2.45, 2.75) is 20.8 Å². The minimum Gasteiger partial charge on any atom is -0.338 e. The van der Waals surface area contributed by atoms with Crippen molar-refractivity contribution < 1.29 is 0 Å². The highest BCUT2D eigenvalue weighted by Crippen LogP contribution is 2.27. The Morgan fingerprint density at radius 2 is 1.95 bits per heavy atom.